The van der Waals surface area contributed by atoms with Gasteiger partial charge in [0.25, 0.3) is 31.9 Å². The van der Waals surface area contributed by atoms with Crippen LogP contribution in [0.25, 0.3) is 0 Å². The zero-order chi connectivity index (χ0) is 78.1. The molecule has 7 heterocycles. The van der Waals surface area contributed by atoms with E-state index in [1.807, 2.05) is 13.8 Å². The minimum atomic E-state index is -4.20. The standard InChI is InChI=1S/C50H71N7O12S4.C29H39N3O4S2/c1-4-66-45(67-5-2)17-23-53-40-18-25-56(26-19-40)69-73(62,63)47-16-14-44(71-47)36-55(49(59)38-10-7-12-42(34-38)68-50(64-3)39-11-6-9-37(33-39)48(51)58)35-43-13-15-46(70-43)72(60,61)57-27-20-41(21-28-57)52-22-8-24-54-29-31-65-32-30-54;1-36-25-4-2-3-23(14-25)28(33)30-18-26-5-6-27(37-26)38(34,35)32-9-7-24(8-10-32)31-19-29-15-20-11-21(16-29)13-22(12-20)17-29/h6-7,9-16,33-34,40-41,45,50,52-53H,4-5,8,17-32,35-36H2,1-3H3,(H2,51,58);2-6,14,20-22,24,31H,7-13,15-19H2,1H3,(H,30,33). The lowest BCUT2D eigenvalue weighted by atomic mass is 9.49. The molecule has 0 spiro atoms. The zero-order valence-electron chi connectivity index (χ0n) is 64.1. The van der Waals surface area contributed by atoms with Gasteiger partial charge in [-0.3, -0.25) is 19.3 Å². The number of sulfonamides is 2. The highest BCUT2D eigenvalue weighted by atomic mass is 32.3. The molecule has 111 heavy (non-hydrogen) atoms. The number of amides is 3. The first-order valence-corrected chi connectivity index (χ1v) is 45.9. The molecule has 6 aromatic rings. The molecule has 8 fully saturated rings. The molecule has 4 aliphatic carbocycles. The Labute approximate surface area is 666 Å². The molecular weight excluding hydrogens is 1540 g/mol. The molecule has 0 radical (unpaired) electrons. The third-order valence-electron chi connectivity index (χ3n) is 22.3. The van der Waals surface area contributed by atoms with Gasteiger partial charge in [-0.05, 0) is 219 Å². The quantitative estimate of drug-likeness (QED) is 0.0179. The smallest absolute Gasteiger partial charge is 0.322 e. The number of nitrogens with one attached hydrogen (secondary N) is 4. The van der Waals surface area contributed by atoms with Crippen molar-refractivity contribution in [2.24, 2.45) is 28.9 Å². The molecule has 1 unspecified atom stereocenters. The molecule has 26 nitrogen and oxygen atoms in total. The maximum Gasteiger partial charge on any atom is 0.322 e. The Balaban J connectivity index is 0.000000250. The Hall–Kier alpha value is -5.86. The molecule has 14 rings (SSSR count). The fraction of sp³-hybridized carbons (Fsp3) is 0.582. The fourth-order valence-corrected chi connectivity index (χ4v) is 25.1. The lowest BCUT2D eigenvalue weighted by Gasteiger charge is -2.57. The van der Waals surface area contributed by atoms with Crippen molar-refractivity contribution < 1.29 is 72.3 Å². The Morgan fingerprint density at radius 3 is 1.72 bits per heavy atom. The van der Waals surface area contributed by atoms with E-state index in [1.165, 1.54) is 68.1 Å². The van der Waals surface area contributed by atoms with E-state index in [4.69, 9.17) is 38.4 Å². The number of nitrogens with zero attached hydrogens (tertiary/aromatic N) is 5. The van der Waals surface area contributed by atoms with Crippen LogP contribution in [-0.4, -0.2) is 210 Å². The number of morpholine rings is 1. The number of carbonyl (C=O) groups excluding carboxylic acids is 3. The van der Waals surface area contributed by atoms with Crippen molar-refractivity contribution in [3.63, 3.8) is 0 Å². The van der Waals surface area contributed by atoms with Crippen molar-refractivity contribution in [3.05, 3.63) is 146 Å². The maximum atomic E-state index is 14.6. The molecule has 32 heteroatoms. The monoisotopic (exact) mass is 1650 g/mol. The van der Waals surface area contributed by atoms with E-state index in [1.54, 1.807) is 124 Å². The molecule has 6 N–H and O–H groups in total. The molecule has 4 bridgehead atoms. The number of benzene rings is 3. The van der Waals surface area contributed by atoms with E-state index in [-0.39, 0.29) is 63.5 Å². The number of carbonyl (C=O) groups is 3. The molecule has 4 saturated heterocycles. The summed E-state index contributed by atoms with van der Waals surface area (Å²) in [6.45, 7) is 15.2. The summed E-state index contributed by atoms with van der Waals surface area (Å²) in [5, 5.41) is 15.4. The maximum absolute atomic E-state index is 14.6. The Morgan fingerprint density at radius 2 is 1.13 bits per heavy atom. The van der Waals surface area contributed by atoms with E-state index in [2.05, 4.69) is 26.2 Å². The van der Waals surface area contributed by atoms with Crippen LogP contribution in [0, 0.1) is 23.2 Å². The van der Waals surface area contributed by atoms with Crippen molar-refractivity contribution in [3.8, 4) is 11.5 Å². The average molecular weight is 1650 g/mol. The molecule has 3 aromatic carbocycles. The lowest BCUT2D eigenvalue weighted by molar-refractivity contribution is -0.139. The van der Waals surface area contributed by atoms with Gasteiger partial charge in [0, 0.05) is 147 Å². The van der Waals surface area contributed by atoms with Gasteiger partial charge in [0.1, 0.15) is 24.1 Å². The fourth-order valence-electron chi connectivity index (χ4n) is 16.9. The van der Waals surface area contributed by atoms with E-state index in [0.717, 1.165) is 111 Å². The second-order valence-corrected chi connectivity index (χ2v) is 39.8. The molecule has 1 atom stereocenters. The average Bonchev–Trinajstić information content (AvgIpc) is 1.46. The molecule has 3 aromatic heterocycles. The van der Waals surface area contributed by atoms with Crippen LogP contribution in [0.2, 0.25) is 0 Å². The van der Waals surface area contributed by atoms with E-state index < -0.39 is 48.3 Å². The third-order valence-corrected chi connectivity index (χ3v) is 31.9. The van der Waals surface area contributed by atoms with Crippen LogP contribution < -0.4 is 36.5 Å². The summed E-state index contributed by atoms with van der Waals surface area (Å²) in [5.74, 6) is 2.56. The summed E-state index contributed by atoms with van der Waals surface area (Å²) in [6.07, 6.45) is 13.6. The zero-order valence-corrected chi connectivity index (χ0v) is 69.0. The normalized spacial score (nSPS) is 21.6. The first kappa shape index (κ1) is 84.5. The second kappa shape index (κ2) is 39.7. The molecule has 4 aliphatic heterocycles. The lowest BCUT2D eigenvalue weighted by Crippen LogP contribution is -2.53. The van der Waals surface area contributed by atoms with Gasteiger partial charge < -0.3 is 60.3 Å². The first-order chi connectivity index (χ1) is 53.6. The summed E-state index contributed by atoms with van der Waals surface area (Å²) in [5.41, 5.74) is 7.60. The summed E-state index contributed by atoms with van der Waals surface area (Å²) < 4.78 is 125. The van der Waals surface area contributed by atoms with E-state index in [0.29, 0.717) is 139 Å². The van der Waals surface area contributed by atoms with Crippen LogP contribution in [0.3, 0.4) is 0 Å². The Bertz CT molecular complexity index is 4340. The number of primary amides is 1. The van der Waals surface area contributed by atoms with Crippen molar-refractivity contribution in [1.29, 1.82) is 0 Å². The van der Waals surface area contributed by atoms with Crippen LogP contribution in [0.4, 0.5) is 0 Å². The van der Waals surface area contributed by atoms with Gasteiger partial charge in [-0.25, -0.2) is 16.8 Å². The minimum Gasteiger partial charge on any atom is -0.497 e. The van der Waals surface area contributed by atoms with Gasteiger partial charge in [0.15, 0.2) is 6.29 Å². The van der Waals surface area contributed by atoms with Crippen LogP contribution in [0.15, 0.2) is 122 Å². The number of rotatable bonds is 37. The number of hydroxylamine groups is 2. The second-order valence-electron chi connectivity index (χ2n) is 30.2. The van der Waals surface area contributed by atoms with E-state index in [9.17, 15) is 39.6 Å². The molecule has 3 amide bonds. The number of hydrogen-bond acceptors (Lipinski definition) is 24. The Morgan fingerprint density at radius 1 is 0.604 bits per heavy atom. The van der Waals surface area contributed by atoms with Crippen molar-refractivity contribution in [2.45, 2.75) is 167 Å². The molecule has 4 saturated carbocycles. The predicted molar refractivity (Wildman–Crippen MR) is 427 cm³/mol. The molecule has 608 valence electrons. The summed E-state index contributed by atoms with van der Waals surface area (Å²) in [6, 6.07) is 30.8. The van der Waals surface area contributed by atoms with Crippen molar-refractivity contribution >= 4 is 81.9 Å². The number of nitrogens with two attached hydrogens (primary N) is 1. The van der Waals surface area contributed by atoms with Gasteiger partial charge in [-0.15, -0.1) is 34.0 Å². The van der Waals surface area contributed by atoms with Gasteiger partial charge in [0.2, 0.25) is 12.2 Å². The van der Waals surface area contributed by atoms with Crippen molar-refractivity contribution in [2.75, 3.05) is 119 Å². The number of hydrogen-bond donors (Lipinski definition) is 5. The third kappa shape index (κ3) is 23.0. The number of ether oxygens (including phenoxy) is 6. The number of thiophene rings is 3. The highest BCUT2D eigenvalue weighted by molar-refractivity contribution is 7.91. The van der Waals surface area contributed by atoms with Crippen LogP contribution >= 0.6 is 34.0 Å². The highest BCUT2D eigenvalue weighted by Crippen LogP contribution is 2.60. The first-order valence-electron chi connectivity index (χ1n) is 39.2. The van der Waals surface area contributed by atoms with E-state index >= 15 is 0 Å². The summed E-state index contributed by atoms with van der Waals surface area (Å²) in [4.78, 5) is 45.0. The molecule has 8 aliphatic rings. The minimum absolute atomic E-state index is 0.00215. The Kier molecular flexibility index (Phi) is 30.2. The SMILES string of the molecule is CCOC(CCNC1CCN(OS(=O)(=O)c2ccc(CN(Cc3ccc(S(=O)(=O)N4CCC(NCCCN5CCOCC5)CC4)s3)C(=O)c3cccc(OC(OC)c4cccc(C(N)=O)c4)c3)s2)CC1)OCC.COc1cccc(C(=O)NCc2ccc(S(=O)(=O)N3CCC(NCC45CC6CC(CC(C6)C4)C5)CC3)s2)c1. The van der Waals surface area contributed by atoms with Crippen LogP contribution in [-0.2, 0) is 73.0 Å². The van der Waals surface area contributed by atoms with Gasteiger partial charge >= 0.3 is 10.1 Å². The van der Waals surface area contributed by atoms with Gasteiger partial charge in [0.05, 0.1) is 40.0 Å². The number of piperidine rings is 3. The molecular formula is C79H110N10O16S6. The van der Waals surface area contributed by atoms with Gasteiger partial charge in [-0.1, -0.05) is 24.3 Å². The van der Waals surface area contributed by atoms with Crippen LogP contribution in [0.5, 0.6) is 11.5 Å². The predicted octanol–water partition coefficient (Wildman–Crippen LogP) is 10.0. The highest BCUT2D eigenvalue weighted by Gasteiger charge is 2.51. The topological polar surface area (TPSA) is 309 Å². The van der Waals surface area contributed by atoms with Crippen LogP contribution in [0.1, 0.15) is 161 Å². The summed E-state index contributed by atoms with van der Waals surface area (Å²) in [7, 11) is -8.51. The van der Waals surface area contributed by atoms with Crippen molar-refractivity contribution in [1.82, 2.24) is 44.7 Å². The largest absolute Gasteiger partial charge is 0.497 e. The van der Waals surface area contributed by atoms with Gasteiger partial charge in [-0.2, -0.15) is 26.4 Å². The number of methoxy groups -OCH3 is 2. The summed E-state index contributed by atoms with van der Waals surface area (Å²) >= 11 is 3.35.